The first kappa shape index (κ1) is 20.3. The SMILES string of the molecule is COc1ccc(Cl)cc1NC(=O)CN(c1ccc(F)c(Cl)c1)S(C)(=O)=O. The molecule has 0 aliphatic rings. The zero-order valence-electron chi connectivity index (χ0n) is 13.8. The van der Waals surface area contributed by atoms with Gasteiger partial charge in [-0.3, -0.25) is 9.10 Å². The highest BCUT2D eigenvalue weighted by Crippen LogP contribution is 2.28. The van der Waals surface area contributed by atoms with Crippen molar-refractivity contribution in [3.63, 3.8) is 0 Å². The van der Waals surface area contributed by atoms with Gasteiger partial charge < -0.3 is 10.1 Å². The minimum absolute atomic E-state index is 0.0621. The summed E-state index contributed by atoms with van der Waals surface area (Å²) in [4.78, 5) is 12.4. The van der Waals surface area contributed by atoms with E-state index >= 15 is 0 Å². The second kappa shape index (κ2) is 8.11. The number of nitrogens with zero attached hydrogens (tertiary/aromatic N) is 1. The van der Waals surface area contributed by atoms with Crippen molar-refractivity contribution in [2.75, 3.05) is 29.5 Å². The molecular weight excluding hydrogens is 406 g/mol. The summed E-state index contributed by atoms with van der Waals surface area (Å²) >= 11 is 11.6. The van der Waals surface area contributed by atoms with Gasteiger partial charge >= 0.3 is 0 Å². The second-order valence-electron chi connectivity index (χ2n) is 5.26. The van der Waals surface area contributed by atoms with Crippen LogP contribution in [0.2, 0.25) is 10.0 Å². The Morgan fingerprint density at radius 2 is 1.92 bits per heavy atom. The lowest BCUT2D eigenvalue weighted by Crippen LogP contribution is -2.37. The van der Waals surface area contributed by atoms with Crippen molar-refractivity contribution >= 4 is 50.5 Å². The van der Waals surface area contributed by atoms with Crippen LogP contribution < -0.4 is 14.4 Å². The van der Waals surface area contributed by atoms with Crippen molar-refractivity contribution in [3.8, 4) is 5.75 Å². The van der Waals surface area contributed by atoms with Crippen molar-refractivity contribution in [2.24, 2.45) is 0 Å². The summed E-state index contributed by atoms with van der Waals surface area (Å²) in [6.45, 7) is -0.545. The molecule has 0 aliphatic heterocycles. The number of hydrogen-bond donors (Lipinski definition) is 1. The molecule has 0 heterocycles. The molecule has 0 unspecified atom stereocenters. The fourth-order valence-electron chi connectivity index (χ4n) is 2.14. The number of anilines is 2. The Kier molecular flexibility index (Phi) is 6.33. The number of hydrogen-bond acceptors (Lipinski definition) is 4. The van der Waals surface area contributed by atoms with Crippen LogP contribution >= 0.6 is 23.2 Å². The molecule has 0 saturated heterocycles. The number of benzene rings is 2. The summed E-state index contributed by atoms with van der Waals surface area (Å²) in [6, 6.07) is 7.98. The van der Waals surface area contributed by atoms with Gasteiger partial charge in [0.2, 0.25) is 15.9 Å². The molecule has 0 fully saturated rings. The first-order valence-corrected chi connectivity index (χ1v) is 9.78. The lowest BCUT2D eigenvalue weighted by atomic mass is 10.3. The Bertz CT molecular complexity index is 938. The number of rotatable bonds is 6. The van der Waals surface area contributed by atoms with E-state index < -0.39 is 28.3 Å². The van der Waals surface area contributed by atoms with E-state index in [-0.39, 0.29) is 16.4 Å². The molecule has 0 radical (unpaired) electrons. The van der Waals surface area contributed by atoms with Gasteiger partial charge in [0.15, 0.2) is 0 Å². The van der Waals surface area contributed by atoms with E-state index in [1.165, 1.54) is 19.2 Å². The molecule has 26 heavy (non-hydrogen) atoms. The van der Waals surface area contributed by atoms with Gasteiger partial charge in [0, 0.05) is 5.02 Å². The molecule has 1 amide bonds. The quantitative estimate of drug-likeness (QED) is 0.774. The molecule has 2 aromatic carbocycles. The third-order valence-corrected chi connectivity index (χ3v) is 4.98. The summed E-state index contributed by atoms with van der Waals surface area (Å²) in [5.41, 5.74) is 0.350. The van der Waals surface area contributed by atoms with Crippen LogP contribution in [0, 0.1) is 5.82 Å². The van der Waals surface area contributed by atoms with Gasteiger partial charge in [-0.05, 0) is 36.4 Å². The summed E-state index contributed by atoms with van der Waals surface area (Å²) in [5.74, 6) is -0.980. The molecule has 2 rings (SSSR count). The molecule has 0 saturated carbocycles. The zero-order valence-corrected chi connectivity index (χ0v) is 16.1. The second-order valence-corrected chi connectivity index (χ2v) is 8.01. The number of carbonyl (C=O) groups excluding carboxylic acids is 1. The van der Waals surface area contributed by atoms with E-state index in [1.54, 1.807) is 12.1 Å². The summed E-state index contributed by atoms with van der Waals surface area (Å²) in [7, 11) is -2.41. The average Bonchev–Trinajstić information content (AvgIpc) is 2.54. The third kappa shape index (κ3) is 5.00. The van der Waals surface area contributed by atoms with Crippen LogP contribution in [0.5, 0.6) is 5.75 Å². The highest BCUT2D eigenvalue weighted by Gasteiger charge is 2.22. The maximum atomic E-state index is 13.3. The molecule has 6 nitrogen and oxygen atoms in total. The van der Waals surface area contributed by atoms with Crippen LogP contribution in [0.15, 0.2) is 36.4 Å². The van der Waals surface area contributed by atoms with Gasteiger partial charge in [0.25, 0.3) is 0 Å². The van der Waals surface area contributed by atoms with E-state index in [1.807, 2.05) is 0 Å². The molecule has 1 N–H and O–H groups in total. The predicted octanol–water partition coefficient (Wildman–Crippen LogP) is 3.55. The van der Waals surface area contributed by atoms with Crippen molar-refractivity contribution < 1.29 is 22.3 Å². The topological polar surface area (TPSA) is 75.7 Å². The fraction of sp³-hybridized carbons (Fsp3) is 0.188. The highest BCUT2D eigenvalue weighted by molar-refractivity contribution is 7.92. The monoisotopic (exact) mass is 420 g/mol. The standard InChI is InChI=1S/C16H15Cl2FN2O4S/c1-25-15-6-3-10(17)7-14(15)20-16(22)9-21(26(2,23)24)11-4-5-13(19)12(18)8-11/h3-8H,9H2,1-2H3,(H,20,22). The lowest BCUT2D eigenvalue weighted by molar-refractivity contribution is -0.114. The Morgan fingerprint density at radius 1 is 1.23 bits per heavy atom. The Balaban J connectivity index is 2.28. The third-order valence-electron chi connectivity index (χ3n) is 3.31. The van der Waals surface area contributed by atoms with Crippen LogP contribution in [0.3, 0.4) is 0 Å². The maximum Gasteiger partial charge on any atom is 0.245 e. The number of amides is 1. The normalized spacial score (nSPS) is 11.1. The Labute approximate surface area is 160 Å². The van der Waals surface area contributed by atoms with Gasteiger partial charge in [0.05, 0.1) is 29.8 Å². The molecule has 140 valence electrons. The molecule has 0 bridgehead atoms. The molecule has 10 heteroatoms. The first-order chi connectivity index (χ1) is 12.1. The minimum atomic E-state index is -3.82. The smallest absolute Gasteiger partial charge is 0.245 e. The number of ether oxygens (including phenoxy) is 1. The van der Waals surface area contributed by atoms with Crippen LogP contribution in [-0.4, -0.2) is 34.2 Å². The maximum absolute atomic E-state index is 13.3. The van der Waals surface area contributed by atoms with Gasteiger partial charge in [-0.2, -0.15) is 0 Å². The highest BCUT2D eigenvalue weighted by atomic mass is 35.5. The van der Waals surface area contributed by atoms with E-state index in [4.69, 9.17) is 27.9 Å². The molecule has 0 aliphatic carbocycles. The number of halogens is 3. The van der Waals surface area contributed by atoms with E-state index in [0.717, 1.165) is 22.7 Å². The van der Waals surface area contributed by atoms with Gasteiger partial charge in [-0.25, -0.2) is 12.8 Å². The van der Waals surface area contributed by atoms with E-state index in [0.29, 0.717) is 10.8 Å². The van der Waals surface area contributed by atoms with Crippen LogP contribution in [0.1, 0.15) is 0 Å². The van der Waals surface area contributed by atoms with Crippen molar-refractivity contribution in [1.29, 1.82) is 0 Å². The molecular formula is C16H15Cl2FN2O4S. The molecule has 0 atom stereocenters. The molecule has 2 aromatic rings. The number of carbonyl (C=O) groups is 1. The molecule has 0 spiro atoms. The predicted molar refractivity (Wildman–Crippen MR) is 100 cm³/mol. The van der Waals surface area contributed by atoms with E-state index in [2.05, 4.69) is 5.32 Å². The summed E-state index contributed by atoms with van der Waals surface area (Å²) in [6.07, 6.45) is 0.928. The zero-order chi connectivity index (χ0) is 19.5. The van der Waals surface area contributed by atoms with Gasteiger partial charge in [-0.15, -0.1) is 0 Å². The van der Waals surface area contributed by atoms with Crippen molar-refractivity contribution in [1.82, 2.24) is 0 Å². The fourth-order valence-corrected chi connectivity index (χ4v) is 3.33. The van der Waals surface area contributed by atoms with Crippen LogP contribution in [0.25, 0.3) is 0 Å². The first-order valence-electron chi connectivity index (χ1n) is 7.18. The van der Waals surface area contributed by atoms with Crippen molar-refractivity contribution in [2.45, 2.75) is 0 Å². The average molecular weight is 421 g/mol. The summed E-state index contributed by atoms with van der Waals surface area (Å²) in [5, 5.41) is 2.65. The molecule has 0 aromatic heterocycles. The van der Waals surface area contributed by atoms with Crippen LogP contribution in [0.4, 0.5) is 15.8 Å². The summed E-state index contributed by atoms with van der Waals surface area (Å²) < 4.78 is 43.4. The lowest BCUT2D eigenvalue weighted by Gasteiger charge is -2.22. The number of methoxy groups -OCH3 is 1. The van der Waals surface area contributed by atoms with E-state index in [9.17, 15) is 17.6 Å². The Morgan fingerprint density at radius 3 is 2.50 bits per heavy atom. The number of sulfonamides is 1. The Hall–Kier alpha value is -2.03. The van der Waals surface area contributed by atoms with Crippen molar-refractivity contribution in [3.05, 3.63) is 52.3 Å². The minimum Gasteiger partial charge on any atom is -0.495 e. The van der Waals surface area contributed by atoms with Gasteiger partial charge in [-0.1, -0.05) is 23.2 Å². The van der Waals surface area contributed by atoms with Crippen LogP contribution in [-0.2, 0) is 14.8 Å². The largest absolute Gasteiger partial charge is 0.495 e. The van der Waals surface area contributed by atoms with Gasteiger partial charge in [0.1, 0.15) is 18.1 Å². The number of nitrogens with one attached hydrogen (secondary N) is 1.